The number of H-pyrrole nitrogens is 1. The second-order valence-corrected chi connectivity index (χ2v) is 10.8. The van der Waals surface area contributed by atoms with E-state index in [4.69, 9.17) is 4.74 Å². The van der Waals surface area contributed by atoms with E-state index < -0.39 is 0 Å². The number of aromatic nitrogens is 2. The molecule has 3 heterocycles. The summed E-state index contributed by atoms with van der Waals surface area (Å²) in [5.74, 6) is 2.05. The Hall–Kier alpha value is -2.71. The summed E-state index contributed by atoms with van der Waals surface area (Å²) in [5, 5.41) is 3.93. The highest BCUT2D eigenvalue weighted by molar-refractivity contribution is 7.98. The van der Waals surface area contributed by atoms with Crippen molar-refractivity contribution in [3.63, 3.8) is 0 Å². The molecular formula is C28H38N4O3S. The Morgan fingerprint density at radius 3 is 2.67 bits per heavy atom. The van der Waals surface area contributed by atoms with Gasteiger partial charge in [-0.3, -0.25) is 9.59 Å². The Bertz CT molecular complexity index is 1270. The van der Waals surface area contributed by atoms with E-state index in [1.54, 1.807) is 13.0 Å². The Morgan fingerprint density at radius 1 is 1.25 bits per heavy atom. The predicted molar refractivity (Wildman–Crippen MR) is 148 cm³/mol. The Balaban J connectivity index is 1.58. The van der Waals surface area contributed by atoms with Gasteiger partial charge in [0.05, 0.1) is 24.8 Å². The number of hydrogen-bond acceptors (Lipinski definition) is 5. The van der Waals surface area contributed by atoms with E-state index in [1.807, 2.05) is 36.9 Å². The molecule has 3 aromatic rings. The van der Waals surface area contributed by atoms with Crippen molar-refractivity contribution in [1.82, 2.24) is 19.8 Å². The largest absolute Gasteiger partial charge is 0.496 e. The van der Waals surface area contributed by atoms with Crippen LogP contribution >= 0.6 is 11.8 Å². The van der Waals surface area contributed by atoms with Crippen LogP contribution in [0.15, 0.2) is 35.1 Å². The van der Waals surface area contributed by atoms with Crippen molar-refractivity contribution in [2.24, 2.45) is 5.92 Å². The molecule has 1 fully saturated rings. The van der Waals surface area contributed by atoms with Gasteiger partial charge in [0.15, 0.2) is 0 Å². The minimum absolute atomic E-state index is 0.0978. The molecule has 7 nitrogen and oxygen atoms in total. The van der Waals surface area contributed by atoms with Crippen molar-refractivity contribution in [2.75, 3.05) is 38.8 Å². The van der Waals surface area contributed by atoms with Crippen molar-refractivity contribution >= 4 is 28.6 Å². The minimum Gasteiger partial charge on any atom is -0.496 e. The van der Waals surface area contributed by atoms with Crippen LogP contribution in [-0.2, 0) is 6.54 Å². The molecule has 0 unspecified atom stereocenters. The number of aryl methyl sites for hydroxylation is 1. The number of hydrogen-bond donors (Lipinski definition) is 2. The molecule has 1 aromatic carbocycles. The molecule has 0 bridgehead atoms. The topological polar surface area (TPSA) is 79.4 Å². The van der Waals surface area contributed by atoms with Crippen LogP contribution in [0.2, 0.25) is 0 Å². The summed E-state index contributed by atoms with van der Waals surface area (Å²) in [6, 6.07) is 10.2. The van der Waals surface area contributed by atoms with Crippen LogP contribution in [0.3, 0.4) is 0 Å². The summed E-state index contributed by atoms with van der Waals surface area (Å²) in [7, 11) is 1.53. The van der Waals surface area contributed by atoms with Gasteiger partial charge in [-0.1, -0.05) is 18.2 Å². The summed E-state index contributed by atoms with van der Waals surface area (Å²) in [6.45, 7) is 9.66. The van der Waals surface area contributed by atoms with E-state index in [1.165, 1.54) is 25.7 Å². The number of benzene rings is 1. The van der Waals surface area contributed by atoms with E-state index in [9.17, 15) is 9.59 Å². The number of nitrogens with one attached hydrogen (secondary N) is 2. The lowest BCUT2D eigenvalue weighted by Crippen LogP contribution is -2.37. The van der Waals surface area contributed by atoms with Gasteiger partial charge in [0.1, 0.15) is 5.75 Å². The SMILES string of the molecule is COc1cc(C)[nH]c(=O)c1CNC(=O)c1c(C)n([C@H](C)C2CCN(CCSC)CC2)c2ccccc12. The van der Waals surface area contributed by atoms with Crippen molar-refractivity contribution in [1.29, 1.82) is 0 Å². The lowest BCUT2D eigenvalue weighted by Gasteiger charge is -2.36. The standard InChI is InChI=1S/C28H38N4O3S/c1-18-16-25(35-4)23(27(33)30-18)17-29-28(34)26-20(3)32(24-9-7-6-8-22(24)26)19(2)21-10-12-31(13-11-21)14-15-36-5/h6-9,16,19,21H,10-15,17H2,1-5H3,(H,29,34)(H,30,33)/t19-/m1/s1. The fourth-order valence-corrected chi connectivity index (χ4v) is 6.03. The smallest absolute Gasteiger partial charge is 0.256 e. The summed E-state index contributed by atoms with van der Waals surface area (Å²) in [4.78, 5) is 31.4. The number of carbonyl (C=O) groups excluding carboxylic acids is 1. The zero-order chi connectivity index (χ0) is 25.8. The van der Waals surface area contributed by atoms with Gasteiger partial charge >= 0.3 is 0 Å². The molecule has 4 rings (SSSR count). The van der Waals surface area contributed by atoms with Crippen LogP contribution in [0, 0.1) is 19.8 Å². The number of ether oxygens (including phenoxy) is 1. The van der Waals surface area contributed by atoms with Crippen LogP contribution in [0.4, 0.5) is 0 Å². The first kappa shape index (κ1) is 26.4. The van der Waals surface area contributed by atoms with E-state index in [0.717, 1.165) is 41.9 Å². The molecular weight excluding hydrogens is 472 g/mol. The van der Waals surface area contributed by atoms with Crippen molar-refractivity contribution in [3.05, 3.63) is 63.2 Å². The van der Waals surface area contributed by atoms with Crippen LogP contribution in [0.5, 0.6) is 5.75 Å². The molecule has 36 heavy (non-hydrogen) atoms. The second-order valence-electron chi connectivity index (χ2n) is 9.77. The van der Waals surface area contributed by atoms with E-state index in [0.29, 0.717) is 28.8 Å². The maximum Gasteiger partial charge on any atom is 0.256 e. The second kappa shape index (κ2) is 11.6. The van der Waals surface area contributed by atoms with E-state index in [-0.39, 0.29) is 18.0 Å². The number of aromatic amines is 1. The third kappa shape index (κ3) is 5.34. The van der Waals surface area contributed by atoms with Crippen molar-refractivity contribution in [3.8, 4) is 5.75 Å². The van der Waals surface area contributed by atoms with Gasteiger partial charge in [-0.15, -0.1) is 0 Å². The molecule has 194 valence electrons. The lowest BCUT2D eigenvalue weighted by atomic mass is 9.90. The van der Waals surface area contributed by atoms with Gasteiger partial charge in [0.25, 0.3) is 11.5 Å². The average molecular weight is 511 g/mol. The fraction of sp³-hybridized carbons (Fsp3) is 0.500. The first-order valence-electron chi connectivity index (χ1n) is 12.7. The zero-order valence-electron chi connectivity index (χ0n) is 22.0. The molecule has 1 aliphatic heterocycles. The maximum atomic E-state index is 13.5. The van der Waals surface area contributed by atoms with Crippen LogP contribution in [0.1, 0.15) is 53.1 Å². The van der Waals surface area contributed by atoms with Gasteiger partial charge < -0.3 is 24.5 Å². The number of rotatable bonds is 9. The quantitative estimate of drug-likeness (QED) is 0.443. The summed E-state index contributed by atoms with van der Waals surface area (Å²) in [6.07, 6.45) is 4.50. The molecule has 0 saturated carbocycles. The van der Waals surface area contributed by atoms with Crippen molar-refractivity contribution < 1.29 is 9.53 Å². The first-order valence-corrected chi connectivity index (χ1v) is 14.1. The number of nitrogens with zero attached hydrogens (tertiary/aromatic N) is 2. The molecule has 0 aliphatic carbocycles. The summed E-state index contributed by atoms with van der Waals surface area (Å²) < 4.78 is 7.74. The van der Waals surface area contributed by atoms with Gasteiger partial charge in [-0.05, 0) is 71.0 Å². The number of carbonyl (C=O) groups is 1. The molecule has 8 heteroatoms. The zero-order valence-corrected chi connectivity index (χ0v) is 22.8. The number of thioether (sulfide) groups is 1. The van der Waals surface area contributed by atoms with E-state index >= 15 is 0 Å². The van der Waals surface area contributed by atoms with Gasteiger partial charge in [-0.25, -0.2) is 0 Å². The predicted octanol–water partition coefficient (Wildman–Crippen LogP) is 4.52. The average Bonchev–Trinajstić information content (AvgIpc) is 3.17. The normalized spacial score (nSPS) is 15.8. The fourth-order valence-electron chi connectivity index (χ4n) is 5.59. The minimum atomic E-state index is -0.246. The number of likely N-dealkylation sites (tertiary alicyclic amines) is 1. The highest BCUT2D eigenvalue weighted by Gasteiger charge is 2.29. The van der Waals surface area contributed by atoms with Gasteiger partial charge in [-0.2, -0.15) is 11.8 Å². The van der Waals surface area contributed by atoms with Crippen LogP contribution < -0.4 is 15.6 Å². The molecule has 2 aromatic heterocycles. The molecule has 0 spiro atoms. The molecule has 0 radical (unpaired) electrons. The van der Waals surface area contributed by atoms with Crippen LogP contribution in [-0.4, -0.2) is 59.1 Å². The number of methoxy groups -OCH3 is 1. The number of para-hydroxylation sites is 1. The third-order valence-corrected chi connectivity index (χ3v) is 8.18. The van der Waals surface area contributed by atoms with Gasteiger partial charge in [0, 0.05) is 40.6 Å². The number of amides is 1. The molecule has 1 amide bonds. The molecule has 2 N–H and O–H groups in total. The number of piperidine rings is 1. The van der Waals surface area contributed by atoms with E-state index in [2.05, 4.69) is 39.0 Å². The number of pyridine rings is 1. The Morgan fingerprint density at radius 2 is 1.97 bits per heavy atom. The van der Waals surface area contributed by atoms with Crippen molar-refractivity contribution in [2.45, 2.75) is 46.2 Å². The Labute approximate surface area is 217 Å². The highest BCUT2D eigenvalue weighted by atomic mass is 32.2. The maximum absolute atomic E-state index is 13.5. The van der Waals surface area contributed by atoms with Crippen LogP contribution in [0.25, 0.3) is 10.9 Å². The first-order chi connectivity index (χ1) is 17.3. The number of fused-ring (bicyclic) bond motifs is 1. The molecule has 1 saturated heterocycles. The van der Waals surface area contributed by atoms with Gasteiger partial charge in [0.2, 0.25) is 0 Å². The third-order valence-electron chi connectivity index (χ3n) is 7.59. The monoisotopic (exact) mass is 510 g/mol. The molecule has 1 atom stereocenters. The highest BCUT2D eigenvalue weighted by Crippen LogP contribution is 2.35. The molecule has 1 aliphatic rings. The summed E-state index contributed by atoms with van der Waals surface area (Å²) >= 11 is 1.90. The summed E-state index contributed by atoms with van der Waals surface area (Å²) in [5.41, 5.74) is 3.62. The Kier molecular flexibility index (Phi) is 8.46. The lowest BCUT2D eigenvalue weighted by molar-refractivity contribution is 0.0951.